The smallest absolute Gasteiger partial charge is 0.126 e. The van der Waals surface area contributed by atoms with Crippen LogP contribution >= 0.6 is 0 Å². The highest BCUT2D eigenvalue weighted by molar-refractivity contribution is 5.40. The van der Waals surface area contributed by atoms with E-state index in [-0.39, 0.29) is 18.0 Å². The highest BCUT2D eigenvalue weighted by atomic mass is 19.1. The molecule has 1 aliphatic heterocycles. The van der Waals surface area contributed by atoms with Gasteiger partial charge in [0.1, 0.15) is 23.4 Å². The van der Waals surface area contributed by atoms with Crippen molar-refractivity contribution in [3.8, 4) is 11.5 Å². The zero-order valence-electron chi connectivity index (χ0n) is 11.9. The normalized spacial score (nSPS) is 20.5. The van der Waals surface area contributed by atoms with Crippen LogP contribution in [0.15, 0.2) is 42.5 Å². The molecule has 0 saturated heterocycles. The molecule has 0 fully saturated rings. The second-order valence-electron chi connectivity index (χ2n) is 5.13. The number of fused-ring (bicyclic) bond motifs is 1. The summed E-state index contributed by atoms with van der Waals surface area (Å²) in [7, 11) is 0. The highest BCUT2D eigenvalue weighted by Crippen LogP contribution is 2.40. The van der Waals surface area contributed by atoms with Crippen LogP contribution in [0, 0.1) is 5.82 Å². The van der Waals surface area contributed by atoms with Gasteiger partial charge in [-0.1, -0.05) is 12.1 Å². The van der Waals surface area contributed by atoms with Crippen molar-refractivity contribution in [2.75, 3.05) is 6.61 Å². The molecule has 0 bridgehead atoms. The molecule has 1 aliphatic rings. The van der Waals surface area contributed by atoms with Gasteiger partial charge in [0.2, 0.25) is 0 Å². The van der Waals surface area contributed by atoms with E-state index in [4.69, 9.17) is 15.2 Å². The van der Waals surface area contributed by atoms with E-state index in [0.29, 0.717) is 18.8 Å². The number of ether oxygens (including phenoxy) is 2. The Bertz CT molecular complexity index is 627. The average molecular weight is 287 g/mol. The fraction of sp³-hybridized carbons (Fsp3) is 0.294. The van der Waals surface area contributed by atoms with Crippen LogP contribution in [0.4, 0.5) is 4.39 Å². The third kappa shape index (κ3) is 2.85. The van der Waals surface area contributed by atoms with Gasteiger partial charge in [-0.3, -0.25) is 0 Å². The van der Waals surface area contributed by atoms with Crippen LogP contribution in [0.3, 0.4) is 0 Å². The lowest BCUT2D eigenvalue weighted by atomic mass is 9.93. The van der Waals surface area contributed by atoms with Crippen LogP contribution in [0.5, 0.6) is 11.5 Å². The molecule has 0 radical (unpaired) electrons. The Hall–Kier alpha value is -2.07. The molecule has 21 heavy (non-hydrogen) atoms. The molecule has 0 saturated carbocycles. The molecular weight excluding hydrogens is 269 g/mol. The summed E-state index contributed by atoms with van der Waals surface area (Å²) in [5.41, 5.74) is 7.93. The van der Waals surface area contributed by atoms with Crippen LogP contribution in [0.25, 0.3) is 0 Å². The largest absolute Gasteiger partial charge is 0.494 e. The van der Waals surface area contributed by atoms with Gasteiger partial charge in [0.25, 0.3) is 0 Å². The molecule has 0 amide bonds. The predicted molar refractivity (Wildman–Crippen MR) is 78.9 cm³/mol. The van der Waals surface area contributed by atoms with E-state index in [0.717, 1.165) is 16.9 Å². The van der Waals surface area contributed by atoms with E-state index in [9.17, 15) is 4.39 Å². The van der Waals surface area contributed by atoms with Gasteiger partial charge in [0.15, 0.2) is 0 Å². The van der Waals surface area contributed by atoms with Crippen LogP contribution in [-0.4, -0.2) is 6.61 Å². The lowest BCUT2D eigenvalue weighted by Gasteiger charge is -2.30. The second kappa shape index (κ2) is 5.74. The number of nitrogens with two attached hydrogens (primary N) is 1. The van der Waals surface area contributed by atoms with Gasteiger partial charge in [-0.15, -0.1) is 0 Å². The Balaban J connectivity index is 1.83. The first-order chi connectivity index (χ1) is 10.2. The fourth-order valence-corrected chi connectivity index (χ4v) is 2.62. The number of hydrogen-bond donors (Lipinski definition) is 1. The van der Waals surface area contributed by atoms with Crippen molar-refractivity contribution in [2.24, 2.45) is 5.73 Å². The lowest BCUT2D eigenvalue weighted by molar-refractivity contribution is 0.161. The summed E-state index contributed by atoms with van der Waals surface area (Å²) in [5, 5.41) is 0. The molecule has 2 N–H and O–H groups in total. The first-order valence-electron chi connectivity index (χ1n) is 7.12. The van der Waals surface area contributed by atoms with Gasteiger partial charge >= 0.3 is 0 Å². The monoisotopic (exact) mass is 287 g/mol. The van der Waals surface area contributed by atoms with Crippen molar-refractivity contribution >= 4 is 0 Å². The van der Waals surface area contributed by atoms with E-state index < -0.39 is 0 Å². The topological polar surface area (TPSA) is 44.5 Å². The average Bonchev–Trinajstić information content (AvgIpc) is 2.49. The zero-order chi connectivity index (χ0) is 14.8. The summed E-state index contributed by atoms with van der Waals surface area (Å²) in [6.07, 6.45) is 0.512. The van der Waals surface area contributed by atoms with Crippen molar-refractivity contribution in [2.45, 2.75) is 25.5 Å². The molecule has 1 heterocycles. The SMILES string of the molecule is CCOc1ccc(C2C[C@H](N)c3cc(F)ccc3O2)cc1. The van der Waals surface area contributed by atoms with Gasteiger partial charge in [0, 0.05) is 18.0 Å². The van der Waals surface area contributed by atoms with Gasteiger partial charge in [-0.2, -0.15) is 0 Å². The Kier molecular flexibility index (Phi) is 3.80. The van der Waals surface area contributed by atoms with Gasteiger partial charge in [-0.05, 0) is 42.8 Å². The molecule has 0 aliphatic carbocycles. The number of hydrogen-bond acceptors (Lipinski definition) is 3. The Morgan fingerprint density at radius 2 is 2.00 bits per heavy atom. The Morgan fingerprint density at radius 1 is 1.24 bits per heavy atom. The Morgan fingerprint density at radius 3 is 2.71 bits per heavy atom. The van der Waals surface area contributed by atoms with Crippen molar-refractivity contribution in [1.82, 2.24) is 0 Å². The molecule has 2 aromatic carbocycles. The summed E-state index contributed by atoms with van der Waals surface area (Å²) in [4.78, 5) is 0. The number of rotatable bonds is 3. The van der Waals surface area contributed by atoms with Crippen molar-refractivity contribution in [1.29, 1.82) is 0 Å². The lowest BCUT2D eigenvalue weighted by Crippen LogP contribution is -2.24. The molecule has 0 aromatic heterocycles. The van der Waals surface area contributed by atoms with E-state index in [2.05, 4.69) is 0 Å². The van der Waals surface area contributed by atoms with Crippen LogP contribution in [0.1, 0.15) is 36.6 Å². The maximum Gasteiger partial charge on any atom is 0.126 e. The minimum absolute atomic E-state index is 0.117. The third-order valence-corrected chi connectivity index (χ3v) is 3.67. The maximum atomic E-state index is 13.3. The quantitative estimate of drug-likeness (QED) is 0.935. The summed E-state index contributed by atoms with van der Waals surface area (Å²) >= 11 is 0. The van der Waals surface area contributed by atoms with E-state index in [1.807, 2.05) is 31.2 Å². The van der Waals surface area contributed by atoms with Crippen molar-refractivity contribution in [3.63, 3.8) is 0 Å². The highest BCUT2D eigenvalue weighted by Gasteiger charge is 2.27. The third-order valence-electron chi connectivity index (χ3n) is 3.67. The van der Waals surface area contributed by atoms with E-state index in [1.165, 1.54) is 12.1 Å². The van der Waals surface area contributed by atoms with Crippen LogP contribution in [0.2, 0.25) is 0 Å². The molecule has 3 nitrogen and oxygen atoms in total. The minimum atomic E-state index is -0.285. The summed E-state index contributed by atoms with van der Waals surface area (Å²) in [5.74, 6) is 1.21. The van der Waals surface area contributed by atoms with E-state index >= 15 is 0 Å². The predicted octanol–water partition coefficient (Wildman–Crippen LogP) is 3.75. The number of benzene rings is 2. The molecule has 110 valence electrons. The molecule has 3 rings (SSSR count). The summed E-state index contributed by atoms with van der Waals surface area (Å²) in [6, 6.07) is 12.1. The molecule has 1 unspecified atom stereocenters. The number of halogens is 1. The maximum absolute atomic E-state index is 13.3. The Labute approximate surface area is 123 Å². The van der Waals surface area contributed by atoms with Gasteiger partial charge < -0.3 is 15.2 Å². The molecule has 2 atom stereocenters. The molecular formula is C17H18FNO2. The fourth-order valence-electron chi connectivity index (χ4n) is 2.62. The van der Waals surface area contributed by atoms with Gasteiger partial charge in [-0.25, -0.2) is 4.39 Å². The minimum Gasteiger partial charge on any atom is -0.494 e. The summed E-state index contributed by atoms with van der Waals surface area (Å²) < 4.78 is 24.7. The van der Waals surface area contributed by atoms with Crippen LogP contribution in [-0.2, 0) is 0 Å². The molecule has 0 spiro atoms. The van der Waals surface area contributed by atoms with Gasteiger partial charge in [0.05, 0.1) is 6.61 Å². The first-order valence-corrected chi connectivity index (χ1v) is 7.12. The standard InChI is InChI=1S/C17H18FNO2/c1-2-20-13-6-3-11(4-7-13)17-10-15(19)14-9-12(18)5-8-16(14)21-17/h3-9,15,17H,2,10,19H2,1H3/t15-,17?/m0/s1. The van der Waals surface area contributed by atoms with Crippen LogP contribution < -0.4 is 15.2 Å². The van der Waals surface area contributed by atoms with E-state index in [1.54, 1.807) is 6.07 Å². The zero-order valence-corrected chi connectivity index (χ0v) is 11.9. The molecule has 2 aromatic rings. The second-order valence-corrected chi connectivity index (χ2v) is 5.13. The van der Waals surface area contributed by atoms with Crippen molar-refractivity contribution in [3.05, 3.63) is 59.4 Å². The summed E-state index contributed by atoms with van der Waals surface area (Å²) in [6.45, 7) is 2.59. The first kappa shape index (κ1) is 13.9. The van der Waals surface area contributed by atoms with Crippen molar-refractivity contribution < 1.29 is 13.9 Å². The molecule has 4 heteroatoms.